The topological polar surface area (TPSA) is 60.2 Å². The maximum Gasteiger partial charge on any atom is 0.293 e. The van der Waals surface area contributed by atoms with Gasteiger partial charge in [0.2, 0.25) is 5.82 Å². The summed E-state index contributed by atoms with van der Waals surface area (Å²) < 4.78 is 6.89. The van der Waals surface area contributed by atoms with Gasteiger partial charge in [-0.2, -0.15) is 0 Å². The number of carbonyl (C=O) groups is 1. The number of nitrogens with zero attached hydrogens (tertiary/aromatic N) is 4. The second kappa shape index (κ2) is 8.25. The van der Waals surface area contributed by atoms with Gasteiger partial charge < -0.3 is 9.64 Å². The van der Waals surface area contributed by atoms with Crippen LogP contribution in [0.15, 0.2) is 48.5 Å². The van der Waals surface area contributed by atoms with E-state index in [0.717, 1.165) is 37.1 Å². The van der Waals surface area contributed by atoms with E-state index in [9.17, 15) is 4.79 Å². The molecule has 0 bridgehead atoms. The Morgan fingerprint density at radius 2 is 1.90 bits per heavy atom. The summed E-state index contributed by atoms with van der Waals surface area (Å²) in [4.78, 5) is 19.7. The summed E-state index contributed by atoms with van der Waals surface area (Å²) in [7, 11) is 1.62. The van der Waals surface area contributed by atoms with Crippen LogP contribution in [0.5, 0.6) is 5.75 Å². The van der Waals surface area contributed by atoms with E-state index in [1.807, 2.05) is 47.4 Å². The minimum Gasteiger partial charge on any atom is -0.497 e. The number of hydrogen-bond acceptors (Lipinski definition) is 4. The van der Waals surface area contributed by atoms with E-state index in [2.05, 4.69) is 17.0 Å². The molecule has 0 radical (unpaired) electrons. The molecule has 0 saturated carbocycles. The first kappa shape index (κ1) is 19.5. The molecule has 1 amide bonds. The molecule has 1 aliphatic rings. The zero-order valence-corrected chi connectivity index (χ0v) is 17.3. The molecule has 2 heterocycles. The summed E-state index contributed by atoms with van der Waals surface area (Å²) in [5.41, 5.74) is 1.50. The van der Waals surface area contributed by atoms with Crippen LogP contribution in [-0.4, -0.2) is 45.3 Å². The predicted octanol–water partition coefficient (Wildman–Crippen LogP) is 4.61. The first-order valence-electron chi connectivity index (χ1n) is 9.76. The second-order valence-corrected chi connectivity index (χ2v) is 7.60. The van der Waals surface area contributed by atoms with Gasteiger partial charge in [-0.3, -0.25) is 4.79 Å². The number of para-hydroxylation sites is 1. The van der Waals surface area contributed by atoms with Crippen molar-refractivity contribution in [3.8, 4) is 22.8 Å². The van der Waals surface area contributed by atoms with Gasteiger partial charge in [-0.05, 0) is 62.6 Å². The number of aromatic nitrogens is 3. The predicted molar refractivity (Wildman–Crippen MR) is 113 cm³/mol. The van der Waals surface area contributed by atoms with Crippen LogP contribution in [0.2, 0.25) is 5.02 Å². The molecule has 1 unspecified atom stereocenters. The SMILES string of the molecule is COc1ccc(-c2nc(C(=O)N3CCCCC3C)nn2-c2ccccc2Cl)cc1. The first-order valence-corrected chi connectivity index (χ1v) is 10.1. The highest BCUT2D eigenvalue weighted by molar-refractivity contribution is 6.32. The molecular weight excluding hydrogens is 388 g/mol. The molecule has 6 nitrogen and oxygen atoms in total. The van der Waals surface area contributed by atoms with Gasteiger partial charge in [0.05, 0.1) is 17.8 Å². The molecule has 7 heteroatoms. The summed E-state index contributed by atoms with van der Waals surface area (Å²) in [5, 5.41) is 5.11. The fraction of sp³-hybridized carbons (Fsp3) is 0.318. The molecule has 0 N–H and O–H groups in total. The van der Waals surface area contributed by atoms with Crippen molar-refractivity contribution in [2.24, 2.45) is 0 Å². The highest BCUT2D eigenvalue weighted by Gasteiger charge is 2.28. The number of likely N-dealkylation sites (tertiary alicyclic amines) is 1. The average Bonchev–Trinajstić information content (AvgIpc) is 3.19. The van der Waals surface area contributed by atoms with Crippen molar-refractivity contribution in [1.29, 1.82) is 0 Å². The van der Waals surface area contributed by atoms with E-state index < -0.39 is 0 Å². The summed E-state index contributed by atoms with van der Waals surface area (Å²) in [5.74, 6) is 1.35. The molecule has 0 aliphatic carbocycles. The Labute approximate surface area is 175 Å². The van der Waals surface area contributed by atoms with Crippen molar-refractivity contribution >= 4 is 17.5 Å². The lowest BCUT2D eigenvalue weighted by Crippen LogP contribution is -2.42. The van der Waals surface area contributed by atoms with Gasteiger partial charge in [-0.15, -0.1) is 5.10 Å². The van der Waals surface area contributed by atoms with Crippen molar-refractivity contribution < 1.29 is 9.53 Å². The van der Waals surface area contributed by atoms with Crippen molar-refractivity contribution in [2.75, 3.05) is 13.7 Å². The van der Waals surface area contributed by atoms with Crippen LogP contribution in [0.4, 0.5) is 0 Å². The third kappa shape index (κ3) is 3.85. The van der Waals surface area contributed by atoms with E-state index in [-0.39, 0.29) is 17.8 Å². The average molecular weight is 411 g/mol. The lowest BCUT2D eigenvalue weighted by Gasteiger charge is -2.32. The Morgan fingerprint density at radius 1 is 1.14 bits per heavy atom. The molecule has 4 rings (SSSR count). The number of benzene rings is 2. The maximum atomic E-state index is 13.2. The number of halogens is 1. The smallest absolute Gasteiger partial charge is 0.293 e. The molecule has 150 valence electrons. The lowest BCUT2D eigenvalue weighted by molar-refractivity contribution is 0.0623. The molecule has 1 fully saturated rings. The molecule has 3 aromatic rings. The van der Waals surface area contributed by atoms with Crippen molar-refractivity contribution in [2.45, 2.75) is 32.2 Å². The van der Waals surface area contributed by atoms with Crippen LogP contribution in [0.3, 0.4) is 0 Å². The van der Waals surface area contributed by atoms with Gasteiger partial charge in [-0.25, -0.2) is 9.67 Å². The highest BCUT2D eigenvalue weighted by atomic mass is 35.5. The van der Waals surface area contributed by atoms with E-state index in [4.69, 9.17) is 16.3 Å². The monoisotopic (exact) mass is 410 g/mol. The molecule has 1 saturated heterocycles. The number of amides is 1. The standard InChI is InChI=1S/C22H23ClN4O2/c1-15-7-5-6-14-26(15)22(28)20-24-21(16-10-12-17(29-2)13-11-16)27(25-20)19-9-4-3-8-18(19)23/h3-4,8-13,15H,5-7,14H2,1-2H3. The molecule has 1 aromatic heterocycles. The molecule has 1 atom stereocenters. The van der Waals surface area contributed by atoms with Crippen LogP contribution >= 0.6 is 11.6 Å². The summed E-state index contributed by atoms with van der Waals surface area (Å²) in [6, 6.07) is 15.1. The van der Waals surface area contributed by atoms with E-state index in [0.29, 0.717) is 16.5 Å². The van der Waals surface area contributed by atoms with E-state index >= 15 is 0 Å². The van der Waals surface area contributed by atoms with Crippen LogP contribution in [0.25, 0.3) is 17.1 Å². The van der Waals surface area contributed by atoms with E-state index in [1.54, 1.807) is 17.9 Å². The van der Waals surface area contributed by atoms with Gasteiger partial charge in [0.25, 0.3) is 5.91 Å². The number of carbonyl (C=O) groups excluding carboxylic acids is 1. The molecule has 0 spiro atoms. The number of ether oxygens (including phenoxy) is 1. The Kier molecular flexibility index (Phi) is 5.53. The number of hydrogen-bond donors (Lipinski definition) is 0. The molecule has 29 heavy (non-hydrogen) atoms. The summed E-state index contributed by atoms with van der Waals surface area (Å²) in [6.07, 6.45) is 3.15. The normalized spacial score (nSPS) is 16.7. The zero-order valence-electron chi connectivity index (χ0n) is 16.5. The second-order valence-electron chi connectivity index (χ2n) is 7.19. The number of piperidine rings is 1. The lowest BCUT2D eigenvalue weighted by atomic mass is 10.0. The van der Waals surface area contributed by atoms with Crippen LogP contribution in [0.1, 0.15) is 36.8 Å². The van der Waals surface area contributed by atoms with Crippen molar-refractivity contribution in [3.05, 3.63) is 59.4 Å². The van der Waals surface area contributed by atoms with Gasteiger partial charge in [-0.1, -0.05) is 23.7 Å². The largest absolute Gasteiger partial charge is 0.497 e. The molecule has 2 aromatic carbocycles. The van der Waals surface area contributed by atoms with Crippen molar-refractivity contribution in [3.63, 3.8) is 0 Å². The zero-order chi connectivity index (χ0) is 20.4. The number of methoxy groups -OCH3 is 1. The first-order chi connectivity index (χ1) is 14.1. The van der Waals surface area contributed by atoms with Crippen molar-refractivity contribution in [1.82, 2.24) is 19.7 Å². The number of rotatable bonds is 4. The maximum absolute atomic E-state index is 13.2. The van der Waals surface area contributed by atoms with Gasteiger partial charge in [0, 0.05) is 18.2 Å². The fourth-order valence-corrected chi connectivity index (χ4v) is 3.87. The van der Waals surface area contributed by atoms with E-state index in [1.165, 1.54) is 0 Å². The molecular formula is C22H23ClN4O2. The van der Waals surface area contributed by atoms with Gasteiger partial charge in [0.15, 0.2) is 5.82 Å². The van der Waals surface area contributed by atoms with Gasteiger partial charge in [0.1, 0.15) is 5.75 Å². The van der Waals surface area contributed by atoms with Crippen LogP contribution < -0.4 is 4.74 Å². The third-order valence-electron chi connectivity index (χ3n) is 5.29. The minimum absolute atomic E-state index is 0.141. The Morgan fingerprint density at radius 3 is 2.59 bits per heavy atom. The Balaban J connectivity index is 1.80. The van der Waals surface area contributed by atoms with Gasteiger partial charge >= 0.3 is 0 Å². The molecule has 1 aliphatic heterocycles. The quantitative estimate of drug-likeness (QED) is 0.630. The minimum atomic E-state index is -0.141. The summed E-state index contributed by atoms with van der Waals surface area (Å²) in [6.45, 7) is 2.81. The highest BCUT2D eigenvalue weighted by Crippen LogP contribution is 2.28. The Bertz CT molecular complexity index is 1020. The van der Waals surface area contributed by atoms with Crippen LogP contribution in [-0.2, 0) is 0 Å². The van der Waals surface area contributed by atoms with Crippen LogP contribution in [0, 0.1) is 0 Å². The third-order valence-corrected chi connectivity index (χ3v) is 5.61. The fourth-order valence-electron chi connectivity index (χ4n) is 3.65. The Hall–Kier alpha value is -2.86. The summed E-state index contributed by atoms with van der Waals surface area (Å²) >= 11 is 6.42.